The summed E-state index contributed by atoms with van der Waals surface area (Å²) in [6.45, 7) is 4.76. The molecule has 0 radical (unpaired) electrons. The van der Waals surface area contributed by atoms with Crippen LogP contribution in [0.4, 0.5) is 4.79 Å². The standard InChI is InChI=1S/C11H22N2O5/c1-11(2,3)18-10(16)13-8(6-14)7(12)5-9(15)17-4/h7-8,14H,5-6,12H2,1-4H3,(H,13,16)/t7-,8+/m0/s1. The van der Waals surface area contributed by atoms with Crippen molar-refractivity contribution in [3.05, 3.63) is 0 Å². The highest BCUT2D eigenvalue weighted by molar-refractivity contribution is 5.71. The number of nitrogens with one attached hydrogen (secondary N) is 1. The normalized spacial score (nSPS) is 14.6. The van der Waals surface area contributed by atoms with E-state index in [9.17, 15) is 9.59 Å². The SMILES string of the molecule is COC(=O)C[C@H](N)[C@@H](CO)NC(=O)OC(C)(C)C. The third kappa shape index (κ3) is 7.08. The largest absolute Gasteiger partial charge is 0.469 e. The van der Waals surface area contributed by atoms with E-state index >= 15 is 0 Å². The number of aliphatic hydroxyl groups excluding tert-OH is 1. The van der Waals surface area contributed by atoms with Crippen LogP contribution in [-0.4, -0.2) is 48.6 Å². The molecule has 0 rings (SSSR count). The van der Waals surface area contributed by atoms with Gasteiger partial charge in [-0.3, -0.25) is 4.79 Å². The van der Waals surface area contributed by atoms with E-state index < -0.39 is 36.4 Å². The maximum atomic E-state index is 11.5. The second-order valence-corrected chi connectivity index (χ2v) is 4.88. The van der Waals surface area contributed by atoms with E-state index in [2.05, 4.69) is 10.1 Å². The van der Waals surface area contributed by atoms with Crippen LogP contribution in [0.2, 0.25) is 0 Å². The first-order valence-corrected chi connectivity index (χ1v) is 5.62. The summed E-state index contributed by atoms with van der Waals surface area (Å²) >= 11 is 0. The van der Waals surface area contributed by atoms with Gasteiger partial charge in [-0.15, -0.1) is 0 Å². The summed E-state index contributed by atoms with van der Waals surface area (Å²) < 4.78 is 9.48. The summed E-state index contributed by atoms with van der Waals surface area (Å²) in [6, 6.07) is -1.51. The van der Waals surface area contributed by atoms with Crippen molar-refractivity contribution >= 4 is 12.1 Å². The lowest BCUT2D eigenvalue weighted by Crippen LogP contribution is -2.51. The van der Waals surface area contributed by atoms with Crippen LogP contribution in [0.3, 0.4) is 0 Å². The first-order valence-electron chi connectivity index (χ1n) is 5.62. The molecular weight excluding hydrogens is 240 g/mol. The zero-order chi connectivity index (χ0) is 14.3. The van der Waals surface area contributed by atoms with E-state index in [1.165, 1.54) is 7.11 Å². The highest BCUT2D eigenvalue weighted by atomic mass is 16.6. The Bertz CT molecular complexity index is 288. The predicted molar refractivity (Wildman–Crippen MR) is 64.9 cm³/mol. The third-order valence-electron chi connectivity index (χ3n) is 2.05. The Balaban J connectivity index is 4.33. The van der Waals surface area contributed by atoms with Gasteiger partial charge in [0.05, 0.1) is 26.2 Å². The fourth-order valence-corrected chi connectivity index (χ4v) is 1.17. The van der Waals surface area contributed by atoms with Gasteiger partial charge in [0.2, 0.25) is 0 Å². The summed E-state index contributed by atoms with van der Waals surface area (Å²) in [7, 11) is 1.24. The van der Waals surface area contributed by atoms with Crippen molar-refractivity contribution in [2.24, 2.45) is 5.73 Å². The average Bonchev–Trinajstić information content (AvgIpc) is 2.22. The summed E-state index contributed by atoms with van der Waals surface area (Å²) in [5, 5.41) is 11.5. The van der Waals surface area contributed by atoms with Crippen molar-refractivity contribution in [2.45, 2.75) is 44.9 Å². The topological polar surface area (TPSA) is 111 Å². The number of ether oxygens (including phenoxy) is 2. The van der Waals surface area contributed by atoms with Gasteiger partial charge in [0, 0.05) is 6.04 Å². The van der Waals surface area contributed by atoms with E-state index in [1.54, 1.807) is 20.8 Å². The Labute approximate surface area is 107 Å². The number of amides is 1. The monoisotopic (exact) mass is 262 g/mol. The molecule has 0 unspecified atom stereocenters. The van der Waals surface area contributed by atoms with Gasteiger partial charge >= 0.3 is 12.1 Å². The first kappa shape index (κ1) is 16.7. The first-order chi connectivity index (χ1) is 8.19. The van der Waals surface area contributed by atoms with Gasteiger partial charge in [0.1, 0.15) is 5.60 Å². The van der Waals surface area contributed by atoms with Crippen molar-refractivity contribution in [1.82, 2.24) is 5.32 Å². The van der Waals surface area contributed by atoms with E-state index in [4.69, 9.17) is 15.6 Å². The van der Waals surface area contributed by atoms with Gasteiger partial charge in [-0.25, -0.2) is 4.79 Å². The van der Waals surface area contributed by atoms with E-state index in [-0.39, 0.29) is 6.42 Å². The molecule has 0 aliphatic heterocycles. The van der Waals surface area contributed by atoms with Crippen LogP contribution >= 0.6 is 0 Å². The highest BCUT2D eigenvalue weighted by Crippen LogP contribution is 2.07. The van der Waals surface area contributed by atoms with Crippen LogP contribution in [0.1, 0.15) is 27.2 Å². The van der Waals surface area contributed by atoms with Gasteiger partial charge in [-0.05, 0) is 20.8 Å². The highest BCUT2D eigenvalue weighted by Gasteiger charge is 2.24. The number of alkyl carbamates (subject to hydrolysis) is 1. The van der Waals surface area contributed by atoms with Crippen LogP contribution in [0.15, 0.2) is 0 Å². The molecule has 0 aliphatic rings. The van der Waals surface area contributed by atoms with Crippen LogP contribution in [0.5, 0.6) is 0 Å². The Morgan fingerprint density at radius 1 is 1.39 bits per heavy atom. The molecule has 0 heterocycles. The number of hydrogen-bond donors (Lipinski definition) is 3. The van der Waals surface area contributed by atoms with E-state index in [1.807, 2.05) is 0 Å². The minimum Gasteiger partial charge on any atom is -0.469 e. The number of aliphatic hydroxyl groups is 1. The van der Waals surface area contributed by atoms with Gasteiger partial charge in [-0.2, -0.15) is 0 Å². The zero-order valence-electron chi connectivity index (χ0n) is 11.2. The number of carbonyl (C=O) groups is 2. The van der Waals surface area contributed by atoms with E-state index in [0.717, 1.165) is 0 Å². The van der Waals surface area contributed by atoms with Crippen LogP contribution in [-0.2, 0) is 14.3 Å². The number of esters is 1. The van der Waals surface area contributed by atoms with Crippen LogP contribution in [0.25, 0.3) is 0 Å². The number of carbonyl (C=O) groups excluding carboxylic acids is 2. The zero-order valence-corrected chi connectivity index (χ0v) is 11.2. The Morgan fingerprint density at radius 3 is 2.33 bits per heavy atom. The maximum absolute atomic E-state index is 11.5. The smallest absolute Gasteiger partial charge is 0.408 e. The molecule has 1 amide bonds. The van der Waals surface area contributed by atoms with Crippen LogP contribution < -0.4 is 11.1 Å². The molecule has 0 aromatic carbocycles. The maximum Gasteiger partial charge on any atom is 0.408 e. The van der Waals surface area contributed by atoms with Crippen molar-refractivity contribution in [1.29, 1.82) is 0 Å². The molecule has 7 nitrogen and oxygen atoms in total. The molecule has 0 bridgehead atoms. The Hall–Kier alpha value is -1.34. The van der Waals surface area contributed by atoms with Crippen molar-refractivity contribution in [3.8, 4) is 0 Å². The van der Waals surface area contributed by atoms with Gasteiger partial charge in [0.15, 0.2) is 0 Å². The molecule has 4 N–H and O–H groups in total. The second-order valence-electron chi connectivity index (χ2n) is 4.88. The lowest BCUT2D eigenvalue weighted by molar-refractivity contribution is -0.141. The molecule has 0 spiro atoms. The summed E-state index contributed by atoms with van der Waals surface area (Å²) in [5.41, 5.74) is 5.04. The minimum absolute atomic E-state index is 0.0997. The van der Waals surface area contributed by atoms with Crippen molar-refractivity contribution in [2.75, 3.05) is 13.7 Å². The molecule has 0 saturated heterocycles. The molecular formula is C11H22N2O5. The summed E-state index contributed by atoms with van der Waals surface area (Å²) in [5.74, 6) is -0.507. The fourth-order valence-electron chi connectivity index (χ4n) is 1.17. The number of methoxy groups -OCH3 is 1. The van der Waals surface area contributed by atoms with Gasteiger partial charge in [0.25, 0.3) is 0 Å². The average molecular weight is 262 g/mol. The molecule has 0 aromatic rings. The molecule has 2 atom stereocenters. The summed E-state index contributed by atoms with van der Waals surface area (Å²) in [6.07, 6.45) is -0.792. The predicted octanol–water partition coefficient (Wildman–Crippen LogP) is -0.238. The van der Waals surface area contributed by atoms with Crippen molar-refractivity contribution < 1.29 is 24.2 Å². The van der Waals surface area contributed by atoms with E-state index in [0.29, 0.717) is 0 Å². The second kappa shape index (κ2) is 7.17. The van der Waals surface area contributed by atoms with Crippen LogP contribution in [0, 0.1) is 0 Å². The Kier molecular flexibility index (Phi) is 6.64. The lowest BCUT2D eigenvalue weighted by Gasteiger charge is -2.25. The lowest BCUT2D eigenvalue weighted by atomic mass is 10.1. The molecule has 0 aliphatic carbocycles. The quantitative estimate of drug-likeness (QED) is 0.590. The Morgan fingerprint density at radius 2 is 1.94 bits per heavy atom. The van der Waals surface area contributed by atoms with Gasteiger partial charge in [-0.1, -0.05) is 0 Å². The number of rotatable bonds is 5. The molecule has 106 valence electrons. The number of hydrogen-bond acceptors (Lipinski definition) is 6. The minimum atomic E-state index is -0.765. The number of nitrogens with two attached hydrogens (primary N) is 1. The van der Waals surface area contributed by atoms with Gasteiger partial charge < -0.3 is 25.6 Å². The molecule has 0 fully saturated rings. The summed E-state index contributed by atoms with van der Waals surface area (Å²) in [4.78, 5) is 22.5. The fraction of sp³-hybridized carbons (Fsp3) is 0.818. The molecule has 0 saturated carbocycles. The van der Waals surface area contributed by atoms with Crippen molar-refractivity contribution in [3.63, 3.8) is 0 Å². The third-order valence-corrected chi connectivity index (χ3v) is 2.05. The molecule has 18 heavy (non-hydrogen) atoms. The molecule has 7 heteroatoms. The molecule has 0 aromatic heterocycles.